The van der Waals surface area contributed by atoms with Gasteiger partial charge in [-0.05, 0) is 55.0 Å². The predicted octanol–water partition coefficient (Wildman–Crippen LogP) is 3.08. The first kappa shape index (κ1) is 13.2. The van der Waals surface area contributed by atoms with Gasteiger partial charge in [-0.3, -0.25) is 4.68 Å². The zero-order chi connectivity index (χ0) is 13.5. The van der Waals surface area contributed by atoms with E-state index >= 15 is 0 Å². The van der Waals surface area contributed by atoms with Crippen LogP contribution in [0.3, 0.4) is 0 Å². The van der Waals surface area contributed by atoms with E-state index in [-0.39, 0.29) is 0 Å². The van der Waals surface area contributed by atoms with E-state index in [9.17, 15) is 0 Å². The van der Waals surface area contributed by atoms with Crippen LogP contribution in [-0.2, 0) is 6.54 Å². The quantitative estimate of drug-likeness (QED) is 0.826. The Morgan fingerprint density at radius 1 is 1.37 bits per heavy atom. The van der Waals surface area contributed by atoms with Crippen LogP contribution in [0.1, 0.15) is 46.5 Å². The highest BCUT2D eigenvalue weighted by atomic mass is 15.3. The van der Waals surface area contributed by atoms with Crippen LogP contribution in [0.15, 0.2) is 18.5 Å². The van der Waals surface area contributed by atoms with Gasteiger partial charge < -0.3 is 5.32 Å². The van der Waals surface area contributed by atoms with E-state index in [2.05, 4.69) is 31.2 Å². The van der Waals surface area contributed by atoms with E-state index in [4.69, 9.17) is 0 Å². The molecule has 2 saturated carbocycles. The first-order valence-corrected chi connectivity index (χ1v) is 7.75. The van der Waals surface area contributed by atoms with Crippen LogP contribution in [0, 0.1) is 16.7 Å². The van der Waals surface area contributed by atoms with Crippen molar-refractivity contribution in [2.24, 2.45) is 16.7 Å². The molecule has 1 aromatic rings. The van der Waals surface area contributed by atoms with Crippen molar-refractivity contribution >= 4 is 0 Å². The Morgan fingerprint density at radius 2 is 2.21 bits per heavy atom. The SMILES string of the molecule is CC1(C)C2CCC1(C)C(NCCCn1cccn1)C2. The van der Waals surface area contributed by atoms with Crippen molar-refractivity contribution in [3.05, 3.63) is 18.5 Å². The molecule has 3 heteroatoms. The van der Waals surface area contributed by atoms with E-state index in [0.717, 1.165) is 25.0 Å². The molecule has 106 valence electrons. The summed E-state index contributed by atoms with van der Waals surface area (Å²) in [4.78, 5) is 0. The first-order valence-electron chi connectivity index (χ1n) is 7.75. The Hall–Kier alpha value is -0.830. The van der Waals surface area contributed by atoms with Gasteiger partial charge in [-0.2, -0.15) is 5.10 Å². The lowest BCUT2D eigenvalue weighted by atomic mass is 9.69. The third kappa shape index (κ3) is 2.03. The Bertz CT molecular complexity index is 423. The molecule has 2 aliphatic carbocycles. The lowest BCUT2D eigenvalue weighted by Gasteiger charge is -2.39. The summed E-state index contributed by atoms with van der Waals surface area (Å²) in [7, 11) is 0. The number of hydrogen-bond donors (Lipinski definition) is 1. The third-order valence-corrected chi connectivity index (χ3v) is 6.31. The van der Waals surface area contributed by atoms with Crippen LogP contribution < -0.4 is 5.32 Å². The maximum absolute atomic E-state index is 4.25. The van der Waals surface area contributed by atoms with Crippen LogP contribution in [0.25, 0.3) is 0 Å². The first-order chi connectivity index (χ1) is 9.04. The van der Waals surface area contributed by atoms with Gasteiger partial charge in [0.05, 0.1) is 0 Å². The van der Waals surface area contributed by atoms with Gasteiger partial charge in [0, 0.05) is 25.0 Å². The molecule has 3 rings (SSSR count). The van der Waals surface area contributed by atoms with Crippen molar-refractivity contribution in [3.8, 4) is 0 Å². The number of aryl methyl sites for hydroxylation is 1. The van der Waals surface area contributed by atoms with E-state index < -0.39 is 0 Å². The van der Waals surface area contributed by atoms with Gasteiger partial charge in [0.25, 0.3) is 0 Å². The van der Waals surface area contributed by atoms with Gasteiger partial charge in [-0.15, -0.1) is 0 Å². The fourth-order valence-electron chi connectivity index (χ4n) is 4.46. The average Bonchev–Trinajstić information content (AvgIpc) is 3.00. The summed E-state index contributed by atoms with van der Waals surface area (Å²) in [5.74, 6) is 0.932. The van der Waals surface area contributed by atoms with Crippen LogP contribution in [0.4, 0.5) is 0 Å². The topological polar surface area (TPSA) is 29.9 Å². The third-order valence-electron chi connectivity index (χ3n) is 6.31. The van der Waals surface area contributed by atoms with Gasteiger partial charge in [0.1, 0.15) is 0 Å². The molecule has 0 radical (unpaired) electrons. The van der Waals surface area contributed by atoms with Crippen molar-refractivity contribution in [1.29, 1.82) is 0 Å². The van der Waals surface area contributed by atoms with Gasteiger partial charge in [-0.1, -0.05) is 20.8 Å². The smallest absolute Gasteiger partial charge is 0.0489 e. The molecular weight excluding hydrogens is 234 g/mol. The molecular formula is C16H27N3. The molecule has 0 spiro atoms. The fraction of sp³-hybridized carbons (Fsp3) is 0.812. The Morgan fingerprint density at radius 3 is 2.79 bits per heavy atom. The average molecular weight is 261 g/mol. The predicted molar refractivity (Wildman–Crippen MR) is 77.9 cm³/mol. The Balaban J connectivity index is 1.49. The number of nitrogens with zero attached hydrogens (tertiary/aromatic N) is 2. The number of nitrogens with one attached hydrogen (secondary N) is 1. The van der Waals surface area contributed by atoms with Crippen LogP contribution >= 0.6 is 0 Å². The summed E-state index contributed by atoms with van der Waals surface area (Å²) in [6, 6.07) is 2.71. The van der Waals surface area contributed by atoms with Gasteiger partial charge >= 0.3 is 0 Å². The monoisotopic (exact) mass is 261 g/mol. The fourth-order valence-corrected chi connectivity index (χ4v) is 4.46. The minimum absolute atomic E-state index is 0.503. The molecule has 3 nitrogen and oxygen atoms in total. The van der Waals surface area contributed by atoms with E-state index in [1.165, 1.54) is 25.7 Å². The second-order valence-corrected chi connectivity index (χ2v) is 7.24. The highest BCUT2D eigenvalue weighted by Gasteiger charge is 2.60. The minimum atomic E-state index is 0.503. The molecule has 0 aliphatic heterocycles. The number of aromatic nitrogens is 2. The number of fused-ring (bicyclic) bond motifs is 2. The van der Waals surface area contributed by atoms with Crippen LogP contribution in [-0.4, -0.2) is 22.4 Å². The molecule has 0 aromatic carbocycles. The van der Waals surface area contributed by atoms with E-state index in [0.29, 0.717) is 10.8 Å². The molecule has 1 aromatic heterocycles. The standard InChI is InChI=1S/C16H27N3/c1-15(2)13-6-7-16(15,3)14(12-13)17-8-4-10-19-11-5-9-18-19/h5,9,11,13-14,17H,4,6-8,10,12H2,1-3H3. The highest BCUT2D eigenvalue weighted by molar-refractivity contribution is 5.12. The van der Waals surface area contributed by atoms with Crippen molar-refractivity contribution in [2.45, 2.75) is 59.0 Å². The molecule has 2 bridgehead atoms. The highest BCUT2D eigenvalue weighted by Crippen LogP contribution is 2.65. The molecule has 0 amide bonds. The maximum Gasteiger partial charge on any atom is 0.0489 e. The van der Waals surface area contributed by atoms with Crippen molar-refractivity contribution in [1.82, 2.24) is 15.1 Å². The molecule has 2 fully saturated rings. The molecule has 1 N–H and O–H groups in total. The summed E-state index contributed by atoms with van der Waals surface area (Å²) in [6.07, 6.45) is 9.29. The summed E-state index contributed by atoms with van der Waals surface area (Å²) >= 11 is 0. The zero-order valence-electron chi connectivity index (χ0n) is 12.5. The lowest BCUT2D eigenvalue weighted by molar-refractivity contribution is 0.121. The molecule has 19 heavy (non-hydrogen) atoms. The molecule has 2 aliphatic rings. The summed E-state index contributed by atoms with van der Waals surface area (Å²) < 4.78 is 2.02. The molecule has 3 unspecified atom stereocenters. The van der Waals surface area contributed by atoms with Crippen LogP contribution in [0.2, 0.25) is 0 Å². The summed E-state index contributed by atoms with van der Waals surface area (Å²) in [5, 5.41) is 8.08. The Kier molecular flexibility index (Phi) is 3.20. The molecule has 1 heterocycles. The normalized spacial score (nSPS) is 35.9. The van der Waals surface area contributed by atoms with Crippen molar-refractivity contribution in [2.75, 3.05) is 6.54 Å². The number of rotatable bonds is 5. The van der Waals surface area contributed by atoms with Crippen LogP contribution in [0.5, 0.6) is 0 Å². The van der Waals surface area contributed by atoms with E-state index in [1.807, 2.05) is 23.1 Å². The Labute approximate surface area is 116 Å². The lowest BCUT2D eigenvalue weighted by Crippen LogP contribution is -2.44. The van der Waals surface area contributed by atoms with Crippen molar-refractivity contribution < 1.29 is 0 Å². The molecule has 3 atom stereocenters. The van der Waals surface area contributed by atoms with E-state index in [1.54, 1.807) is 0 Å². The second kappa shape index (κ2) is 4.62. The van der Waals surface area contributed by atoms with Gasteiger partial charge in [0.15, 0.2) is 0 Å². The van der Waals surface area contributed by atoms with Crippen molar-refractivity contribution in [3.63, 3.8) is 0 Å². The summed E-state index contributed by atoms with van der Waals surface area (Å²) in [6.45, 7) is 9.61. The number of hydrogen-bond acceptors (Lipinski definition) is 2. The summed E-state index contributed by atoms with van der Waals surface area (Å²) in [5.41, 5.74) is 1.02. The maximum atomic E-state index is 4.25. The second-order valence-electron chi connectivity index (χ2n) is 7.24. The minimum Gasteiger partial charge on any atom is -0.313 e. The zero-order valence-corrected chi connectivity index (χ0v) is 12.5. The largest absolute Gasteiger partial charge is 0.313 e. The van der Waals surface area contributed by atoms with Gasteiger partial charge in [-0.25, -0.2) is 0 Å². The molecule has 0 saturated heterocycles. The van der Waals surface area contributed by atoms with Gasteiger partial charge in [0.2, 0.25) is 0 Å².